The van der Waals surface area contributed by atoms with Gasteiger partial charge in [-0.1, -0.05) is 17.7 Å². The van der Waals surface area contributed by atoms with E-state index >= 15 is 0 Å². The van der Waals surface area contributed by atoms with E-state index in [1.54, 1.807) is 11.8 Å². The van der Waals surface area contributed by atoms with Gasteiger partial charge >= 0.3 is 0 Å². The average Bonchev–Trinajstić information content (AvgIpc) is 3.04. The second-order valence-corrected chi connectivity index (χ2v) is 6.71. The quantitative estimate of drug-likeness (QED) is 0.670. The standard InChI is InChI=1S/C16H22N4OS/c1-11-3-5-13(6-4-11)19-16(17)20-8-9-21-14(12(20)2)15-18-7-10-22-15/h3-6,12,14H,7-10H2,1-2H3,(H2,17,19). The molecule has 2 N–H and O–H groups in total. The molecule has 2 atom stereocenters. The highest BCUT2D eigenvalue weighted by atomic mass is 32.2. The molecule has 2 aliphatic rings. The van der Waals surface area contributed by atoms with E-state index in [1.807, 2.05) is 24.3 Å². The molecule has 2 aliphatic heterocycles. The maximum atomic E-state index is 6.24. The van der Waals surface area contributed by atoms with Crippen LogP contribution in [0.5, 0.6) is 0 Å². The Balaban J connectivity index is 1.76. The zero-order chi connectivity index (χ0) is 15.5. The molecule has 118 valence electrons. The van der Waals surface area contributed by atoms with Crippen LogP contribution >= 0.6 is 11.8 Å². The number of nitrogens with zero attached hydrogens (tertiary/aromatic N) is 3. The third-order valence-electron chi connectivity index (χ3n) is 3.98. The topological polar surface area (TPSA) is 63.2 Å². The first-order valence-corrected chi connectivity index (χ1v) is 8.60. The SMILES string of the molecule is Cc1ccc(N=C(N)N2CCOC(C3=NCCS3)C2C)cc1. The first-order valence-electron chi connectivity index (χ1n) is 7.61. The van der Waals surface area contributed by atoms with Crippen molar-refractivity contribution in [3.63, 3.8) is 0 Å². The molecule has 1 aromatic rings. The van der Waals surface area contributed by atoms with Gasteiger partial charge in [0, 0.05) is 18.8 Å². The molecule has 0 amide bonds. The molecule has 1 fully saturated rings. The summed E-state index contributed by atoms with van der Waals surface area (Å²) in [5, 5.41) is 1.10. The molecular weight excluding hydrogens is 296 g/mol. The van der Waals surface area contributed by atoms with Crippen molar-refractivity contribution in [2.45, 2.75) is 26.0 Å². The lowest BCUT2D eigenvalue weighted by molar-refractivity contribution is -0.000283. The molecule has 5 nitrogen and oxygen atoms in total. The molecule has 6 heteroatoms. The van der Waals surface area contributed by atoms with Crippen LogP contribution in [0, 0.1) is 6.92 Å². The van der Waals surface area contributed by atoms with E-state index in [4.69, 9.17) is 10.5 Å². The number of aliphatic imine (C=N–C) groups is 2. The summed E-state index contributed by atoms with van der Waals surface area (Å²) < 4.78 is 5.92. The number of ether oxygens (including phenoxy) is 1. The highest BCUT2D eigenvalue weighted by molar-refractivity contribution is 8.14. The van der Waals surface area contributed by atoms with Crippen LogP contribution < -0.4 is 5.73 Å². The minimum atomic E-state index is 0.00742. The summed E-state index contributed by atoms with van der Waals surface area (Å²) >= 11 is 1.79. The van der Waals surface area contributed by atoms with E-state index in [9.17, 15) is 0 Å². The number of hydrogen-bond donors (Lipinski definition) is 1. The third kappa shape index (κ3) is 3.28. The van der Waals surface area contributed by atoms with Gasteiger partial charge < -0.3 is 15.4 Å². The van der Waals surface area contributed by atoms with Gasteiger partial charge in [0.2, 0.25) is 0 Å². The smallest absolute Gasteiger partial charge is 0.196 e. The molecule has 22 heavy (non-hydrogen) atoms. The fourth-order valence-electron chi connectivity index (χ4n) is 2.72. The van der Waals surface area contributed by atoms with Crippen LogP contribution in [0.2, 0.25) is 0 Å². The molecule has 0 aliphatic carbocycles. The maximum Gasteiger partial charge on any atom is 0.196 e. The number of benzene rings is 1. The number of hydrogen-bond acceptors (Lipinski definition) is 4. The Morgan fingerprint density at radius 3 is 2.86 bits per heavy atom. The van der Waals surface area contributed by atoms with Gasteiger partial charge in [-0.05, 0) is 26.0 Å². The van der Waals surface area contributed by atoms with Crippen molar-refractivity contribution >= 4 is 28.5 Å². The lowest BCUT2D eigenvalue weighted by Gasteiger charge is -2.39. The number of nitrogens with two attached hydrogens (primary N) is 1. The lowest BCUT2D eigenvalue weighted by Crippen LogP contribution is -2.56. The first-order chi connectivity index (χ1) is 10.6. The van der Waals surface area contributed by atoms with Gasteiger partial charge in [-0.2, -0.15) is 0 Å². The monoisotopic (exact) mass is 318 g/mol. The Morgan fingerprint density at radius 1 is 1.41 bits per heavy atom. The Kier molecular flexibility index (Phi) is 4.69. The summed E-state index contributed by atoms with van der Waals surface area (Å²) in [6, 6.07) is 8.21. The van der Waals surface area contributed by atoms with Crippen molar-refractivity contribution in [3.8, 4) is 0 Å². The van der Waals surface area contributed by atoms with Crippen LogP contribution in [-0.4, -0.2) is 53.5 Å². The van der Waals surface area contributed by atoms with E-state index in [1.165, 1.54) is 5.56 Å². The third-order valence-corrected chi connectivity index (χ3v) is 5.03. The highest BCUT2D eigenvalue weighted by Gasteiger charge is 2.34. The zero-order valence-electron chi connectivity index (χ0n) is 13.0. The van der Waals surface area contributed by atoms with Gasteiger partial charge in [-0.25, -0.2) is 4.99 Å². The summed E-state index contributed by atoms with van der Waals surface area (Å²) in [5.41, 5.74) is 8.34. The van der Waals surface area contributed by atoms with E-state index < -0.39 is 0 Å². The maximum absolute atomic E-state index is 6.24. The van der Waals surface area contributed by atoms with E-state index in [0.29, 0.717) is 12.6 Å². The second kappa shape index (κ2) is 6.71. The second-order valence-electron chi connectivity index (χ2n) is 5.60. The molecule has 2 unspecified atom stereocenters. The van der Waals surface area contributed by atoms with Crippen molar-refractivity contribution in [1.82, 2.24) is 4.90 Å². The number of rotatable bonds is 2. The van der Waals surface area contributed by atoms with Crippen molar-refractivity contribution in [2.75, 3.05) is 25.4 Å². The lowest BCUT2D eigenvalue weighted by atomic mass is 10.1. The van der Waals surface area contributed by atoms with E-state index in [-0.39, 0.29) is 12.1 Å². The molecule has 3 rings (SSSR count). The van der Waals surface area contributed by atoms with Gasteiger partial charge in [0.25, 0.3) is 0 Å². The number of guanidine groups is 1. The Bertz CT molecular complexity index is 584. The Labute approximate surface area is 135 Å². The minimum Gasteiger partial charge on any atom is -0.369 e. The van der Waals surface area contributed by atoms with Crippen LogP contribution in [0.25, 0.3) is 0 Å². The van der Waals surface area contributed by atoms with E-state index in [2.05, 4.69) is 28.7 Å². The zero-order valence-corrected chi connectivity index (χ0v) is 13.8. The van der Waals surface area contributed by atoms with Gasteiger partial charge in [0.15, 0.2) is 5.96 Å². The molecule has 1 saturated heterocycles. The predicted octanol–water partition coefficient (Wildman–Crippen LogP) is 2.18. The summed E-state index contributed by atoms with van der Waals surface area (Å²) in [6.07, 6.45) is 0.00742. The molecule has 0 aromatic heterocycles. The Hall–Kier alpha value is -1.53. The van der Waals surface area contributed by atoms with Gasteiger partial charge in [-0.3, -0.25) is 4.99 Å². The molecular formula is C16H22N4OS. The van der Waals surface area contributed by atoms with Crippen LogP contribution in [0.1, 0.15) is 12.5 Å². The highest BCUT2D eigenvalue weighted by Crippen LogP contribution is 2.24. The number of morpholine rings is 1. The van der Waals surface area contributed by atoms with Crippen molar-refractivity contribution in [1.29, 1.82) is 0 Å². The first kappa shape index (κ1) is 15.4. The average molecular weight is 318 g/mol. The van der Waals surface area contributed by atoms with Crippen LogP contribution in [-0.2, 0) is 4.74 Å². The summed E-state index contributed by atoms with van der Waals surface area (Å²) in [4.78, 5) is 11.2. The predicted molar refractivity (Wildman–Crippen MR) is 93.1 cm³/mol. The summed E-state index contributed by atoms with van der Waals surface area (Å²) in [7, 11) is 0. The molecule has 0 spiro atoms. The molecule has 1 aromatic carbocycles. The van der Waals surface area contributed by atoms with Crippen molar-refractivity contribution in [2.24, 2.45) is 15.7 Å². The number of thioether (sulfide) groups is 1. The number of aryl methyl sites for hydroxylation is 1. The van der Waals surface area contributed by atoms with Gasteiger partial charge in [0.05, 0.1) is 23.4 Å². The fourth-order valence-corrected chi connectivity index (χ4v) is 3.73. The molecule has 0 radical (unpaired) electrons. The molecule has 0 bridgehead atoms. The van der Waals surface area contributed by atoms with E-state index in [0.717, 1.165) is 29.6 Å². The molecule has 0 saturated carbocycles. The van der Waals surface area contributed by atoms with Crippen LogP contribution in [0.15, 0.2) is 34.3 Å². The van der Waals surface area contributed by atoms with Gasteiger partial charge in [0.1, 0.15) is 6.10 Å². The fraction of sp³-hybridized carbons (Fsp3) is 0.500. The van der Waals surface area contributed by atoms with Crippen LogP contribution in [0.3, 0.4) is 0 Å². The normalized spacial score (nSPS) is 26.2. The van der Waals surface area contributed by atoms with Crippen molar-refractivity contribution < 1.29 is 4.74 Å². The molecule has 2 heterocycles. The minimum absolute atomic E-state index is 0.00742. The van der Waals surface area contributed by atoms with Crippen LogP contribution in [0.4, 0.5) is 5.69 Å². The Morgan fingerprint density at radius 2 is 2.18 bits per heavy atom. The van der Waals surface area contributed by atoms with Crippen molar-refractivity contribution in [3.05, 3.63) is 29.8 Å². The largest absolute Gasteiger partial charge is 0.369 e. The van der Waals surface area contributed by atoms with Gasteiger partial charge in [-0.15, -0.1) is 11.8 Å². The summed E-state index contributed by atoms with van der Waals surface area (Å²) in [5.74, 6) is 1.60. The summed E-state index contributed by atoms with van der Waals surface area (Å²) in [6.45, 7) is 6.49.